The van der Waals surface area contributed by atoms with Gasteiger partial charge < -0.3 is 16.0 Å². The fraction of sp³-hybridized carbons (Fsp3) is 0.294. The largest absolute Gasteiger partial charge is 0.369 e. The second-order valence-corrected chi connectivity index (χ2v) is 6.92. The van der Waals surface area contributed by atoms with E-state index in [9.17, 15) is 9.59 Å². The van der Waals surface area contributed by atoms with Gasteiger partial charge in [0.25, 0.3) is 5.56 Å². The summed E-state index contributed by atoms with van der Waals surface area (Å²) in [6, 6.07) is 7.85. The van der Waals surface area contributed by atoms with E-state index in [0.717, 1.165) is 12.1 Å². The molecule has 26 heavy (non-hydrogen) atoms. The van der Waals surface area contributed by atoms with E-state index < -0.39 is 5.56 Å². The number of nitrogens with zero attached hydrogens (tertiary/aromatic N) is 2. The van der Waals surface area contributed by atoms with Gasteiger partial charge in [-0.25, -0.2) is 4.98 Å². The summed E-state index contributed by atoms with van der Waals surface area (Å²) in [5, 5.41) is 3.28. The maximum atomic E-state index is 12.1. The zero-order valence-electron chi connectivity index (χ0n) is 14.5. The van der Waals surface area contributed by atoms with Gasteiger partial charge in [-0.1, -0.05) is 37.7 Å². The van der Waals surface area contributed by atoms with Crippen molar-refractivity contribution in [3.05, 3.63) is 40.2 Å². The van der Waals surface area contributed by atoms with E-state index in [1.165, 1.54) is 17.3 Å². The number of benzene rings is 1. The molecule has 0 saturated heterocycles. The molecule has 0 radical (unpaired) electrons. The van der Waals surface area contributed by atoms with Crippen molar-refractivity contribution < 1.29 is 4.79 Å². The van der Waals surface area contributed by atoms with Gasteiger partial charge in [0.05, 0.1) is 5.75 Å². The van der Waals surface area contributed by atoms with Crippen LogP contribution in [0.5, 0.6) is 0 Å². The zero-order chi connectivity index (χ0) is 18.7. The highest BCUT2D eigenvalue weighted by Gasteiger charge is 2.11. The van der Waals surface area contributed by atoms with Crippen LogP contribution >= 0.6 is 11.8 Å². The lowest BCUT2D eigenvalue weighted by Gasteiger charge is -2.10. The van der Waals surface area contributed by atoms with Crippen LogP contribution in [0.25, 0.3) is 11.2 Å². The third kappa shape index (κ3) is 4.05. The highest BCUT2D eigenvalue weighted by Crippen LogP contribution is 2.21. The standard InChI is InChI=1S/C17H20N6O2S/c1-3-9(2)10-4-6-11(7-5-10)19-12(24)8-26-17-20-13-14(22-17)21-16(18)23-15(13)25/h4-7,9H,3,8H2,1-2H3,(H,19,24)(H4,18,20,21,22,23,25)/t9-/m1/s1. The highest BCUT2D eigenvalue weighted by atomic mass is 32.2. The molecule has 2 heterocycles. The Morgan fingerprint density at radius 3 is 2.69 bits per heavy atom. The van der Waals surface area contributed by atoms with E-state index in [1.54, 1.807) is 0 Å². The molecule has 0 fully saturated rings. The van der Waals surface area contributed by atoms with E-state index >= 15 is 0 Å². The van der Waals surface area contributed by atoms with Crippen LogP contribution in [0, 0.1) is 0 Å². The van der Waals surface area contributed by atoms with Gasteiger partial charge in [-0.15, -0.1) is 0 Å². The summed E-state index contributed by atoms with van der Waals surface area (Å²) < 4.78 is 0. The maximum Gasteiger partial charge on any atom is 0.278 e. The predicted octanol–water partition coefficient (Wildman–Crippen LogP) is 2.47. The third-order valence-corrected chi connectivity index (χ3v) is 4.95. The van der Waals surface area contributed by atoms with E-state index in [0.29, 0.717) is 11.1 Å². The summed E-state index contributed by atoms with van der Waals surface area (Å²) in [6.45, 7) is 4.32. The molecule has 3 rings (SSSR count). The van der Waals surface area contributed by atoms with Crippen molar-refractivity contribution in [1.82, 2.24) is 19.9 Å². The highest BCUT2D eigenvalue weighted by molar-refractivity contribution is 7.99. The molecule has 9 heteroatoms. The lowest BCUT2D eigenvalue weighted by molar-refractivity contribution is -0.113. The number of amides is 1. The summed E-state index contributed by atoms with van der Waals surface area (Å²) in [5.41, 5.74) is 7.57. The molecule has 3 aromatic rings. The summed E-state index contributed by atoms with van der Waals surface area (Å²) in [6.07, 6.45) is 1.07. The second kappa shape index (κ2) is 7.61. The number of nitrogens with two attached hydrogens (primary N) is 1. The van der Waals surface area contributed by atoms with Gasteiger partial charge in [-0.05, 0) is 30.0 Å². The summed E-state index contributed by atoms with van der Waals surface area (Å²) in [5.74, 6) is 0.492. The summed E-state index contributed by atoms with van der Waals surface area (Å²) >= 11 is 1.19. The predicted molar refractivity (Wildman–Crippen MR) is 103 cm³/mol. The molecule has 0 aliphatic heterocycles. The Balaban J connectivity index is 1.60. The molecular weight excluding hydrogens is 352 g/mol. The molecule has 0 unspecified atom stereocenters. The minimum Gasteiger partial charge on any atom is -0.369 e. The molecule has 2 aromatic heterocycles. The molecule has 0 spiro atoms. The van der Waals surface area contributed by atoms with Crippen LogP contribution in [-0.2, 0) is 4.79 Å². The maximum absolute atomic E-state index is 12.1. The number of rotatable bonds is 6. The first-order valence-corrected chi connectivity index (χ1v) is 9.23. The van der Waals surface area contributed by atoms with E-state index in [2.05, 4.69) is 39.1 Å². The third-order valence-electron chi connectivity index (χ3n) is 4.07. The Kier molecular flexibility index (Phi) is 5.27. The normalized spacial score (nSPS) is 12.2. The van der Waals surface area contributed by atoms with Crippen LogP contribution < -0.4 is 16.6 Å². The minimum absolute atomic E-state index is 0.00383. The number of nitrogen functional groups attached to an aromatic ring is 1. The fourth-order valence-corrected chi connectivity index (χ4v) is 3.10. The van der Waals surface area contributed by atoms with Crippen molar-refractivity contribution in [2.75, 3.05) is 16.8 Å². The van der Waals surface area contributed by atoms with Crippen LogP contribution in [0.1, 0.15) is 31.7 Å². The Bertz CT molecular complexity index is 979. The van der Waals surface area contributed by atoms with Crippen molar-refractivity contribution in [2.45, 2.75) is 31.3 Å². The molecular formula is C17H20N6O2S. The Hall–Kier alpha value is -2.81. The number of fused-ring (bicyclic) bond motifs is 1. The van der Waals surface area contributed by atoms with E-state index in [1.807, 2.05) is 24.3 Å². The minimum atomic E-state index is -0.391. The van der Waals surface area contributed by atoms with Gasteiger partial charge >= 0.3 is 0 Å². The van der Waals surface area contributed by atoms with Gasteiger partial charge in [-0.2, -0.15) is 4.98 Å². The number of thioether (sulfide) groups is 1. The molecule has 0 aliphatic rings. The van der Waals surface area contributed by atoms with Crippen LogP contribution in [0.2, 0.25) is 0 Å². The molecule has 136 valence electrons. The Morgan fingerprint density at radius 1 is 1.27 bits per heavy atom. The lowest BCUT2D eigenvalue weighted by atomic mass is 9.99. The van der Waals surface area contributed by atoms with Crippen molar-refractivity contribution in [2.24, 2.45) is 0 Å². The average molecular weight is 372 g/mol. The number of nitrogens with one attached hydrogen (secondary N) is 3. The number of carbonyl (C=O) groups excluding carboxylic acids is 1. The fourth-order valence-electron chi connectivity index (χ4n) is 2.43. The van der Waals surface area contributed by atoms with Gasteiger partial charge in [0.1, 0.15) is 0 Å². The molecule has 1 atom stereocenters. The Morgan fingerprint density at radius 2 is 2.00 bits per heavy atom. The number of aromatic amines is 2. The van der Waals surface area contributed by atoms with E-state index in [-0.39, 0.29) is 28.8 Å². The molecule has 0 saturated carbocycles. The second-order valence-electron chi connectivity index (χ2n) is 5.96. The van der Waals surface area contributed by atoms with Gasteiger partial charge in [0.2, 0.25) is 11.9 Å². The van der Waals surface area contributed by atoms with Crippen LogP contribution in [0.3, 0.4) is 0 Å². The molecule has 1 aromatic carbocycles. The summed E-state index contributed by atoms with van der Waals surface area (Å²) in [7, 11) is 0. The first-order chi connectivity index (χ1) is 12.5. The number of carbonyl (C=O) groups is 1. The number of H-pyrrole nitrogens is 2. The average Bonchev–Trinajstić information content (AvgIpc) is 3.03. The molecule has 0 aliphatic carbocycles. The monoisotopic (exact) mass is 372 g/mol. The van der Waals surface area contributed by atoms with Crippen LogP contribution in [0.4, 0.5) is 11.6 Å². The smallest absolute Gasteiger partial charge is 0.278 e. The summed E-state index contributed by atoms with van der Waals surface area (Å²) in [4.78, 5) is 37.2. The zero-order valence-corrected chi connectivity index (χ0v) is 15.3. The van der Waals surface area contributed by atoms with Crippen LogP contribution in [0.15, 0.2) is 34.2 Å². The van der Waals surface area contributed by atoms with Crippen molar-refractivity contribution >= 4 is 40.5 Å². The van der Waals surface area contributed by atoms with Gasteiger partial charge in [0, 0.05) is 5.69 Å². The molecule has 8 nitrogen and oxygen atoms in total. The SMILES string of the molecule is CC[C@@H](C)c1ccc(NC(=O)CSc2nc3nc(N)[nH]c(=O)c3[nH]2)cc1. The topological polar surface area (TPSA) is 130 Å². The first-order valence-electron chi connectivity index (χ1n) is 8.24. The first kappa shape index (κ1) is 18.0. The number of anilines is 2. The number of aromatic nitrogens is 4. The van der Waals surface area contributed by atoms with Crippen molar-refractivity contribution in [1.29, 1.82) is 0 Å². The lowest BCUT2D eigenvalue weighted by Crippen LogP contribution is -2.14. The number of imidazole rings is 1. The van der Waals surface area contributed by atoms with Crippen molar-refractivity contribution in [3.8, 4) is 0 Å². The molecule has 1 amide bonds. The van der Waals surface area contributed by atoms with Crippen molar-refractivity contribution in [3.63, 3.8) is 0 Å². The number of hydrogen-bond acceptors (Lipinski definition) is 6. The molecule has 0 bridgehead atoms. The number of hydrogen-bond donors (Lipinski definition) is 4. The Labute approximate surface area is 154 Å². The van der Waals surface area contributed by atoms with E-state index in [4.69, 9.17) is 5.73 Å². The van der Waals surface area contributed by atoms with Crippen LogP contribution in [-0.4, -0.2) is 31.6 Å². The van der Waals surface area contributed by atoms with Gasteiger partial charge in [0.15, 0.2) is 16.3 Å². The van der Waals surface area contributed by atoms with Gasteiger partial charge in [-0.3, -0.25) is 14.6 Å². The molecule has 5 N–H and O–H groups in total. The quantitative estimate of drug-likeness (QED) is 0.492.